The molecular weight excluding hydrogens is 302 g/mol. The van der Waals surface area contributed by atoms with Crippen LogP contribution >= 0.6 is 0 Å². The fourth-order valence-electron chi connectivity index (χ4n) is 2.84. The molecule has 2 heterocycles. The van der Waals surface area contributed by atoms with Crippen LogP contribution in [-0.4, -0.2) is 34.7 Å². The number of hydrogen-bond donors (Lipinski definition) is 1. The zero-order valence-electron chi connectivity index (χ0n) is 15.4. The van der Waals surface area contributed by atoms with E-state index in [0.29, 0.717) is 12.5 Å². The summed E-state index contributed by atoms with van der Waals surface area (Å²) in [6, 6.07) is 6.21. The minimum Gasteiger partial charge on any atom is -0.359 e. The summed E-state index contributed by atoms with van der Waals surface area (Å²) in [6.07, 6.45) is 4.21. The Balaban J connectivity index is 1.93. The molecule has 6 nitrogen and oxygen atoms in total. The lowest BCUT2D eigenvalue weighted by molar-refractivity contribution is 0.365. The van der Waals surface area contributed by atoms with E-state index >= 15 is 0 Å². The Labute approximate surface area is 144 Å². The number of aliphatic imine (C=N–C) groups is 1. The number of rotatable bonds is 7. The second kappa shape index (κ2) is 8.57. The Morgan fingerprint density at radius 1 is 1.42 bits per heavy atom. The number of nitrogens with one attached hydrogen (secondary N) is 1. The highest BCUT2D eigenvalue weighted by Crippen LogP contribution is 2.22. The summed E-state index contributed by atoms with van der Waals surface area (Å²) in [5.74, 6) is 2.14. The van der Waals surface area contributed by atoms with Crippen molar-refractivity contribution in [3.8, 4) is 0 Å². The van der Waals surface area contributed by atoms with Gasteiger partial charge in [-0.15, -0.1) is 0 Å². The molecule has 0 aliphatic heterocycles. The molecule has 0 radical (unpaired) electrons. The molecule has 0 fully saturated rings. The first kappa shape index (κ1) is 18.1. The standard InChI is InChI=1S/C18H29N5O/c1-6-14(7-2)17-11-16(24-21-17)12-20-18(19-3)23(5)13-15-9-8-10-22(15)4/h8-11,14H,6-7,12-13H2,1-5H3,(H,19,20). The third-order valence-electron chi connectivity index (χ3n) is 4.43. The molecule has 0 saturated heterocycles. The lowest BCUT2D eigenvalue weighted by Gasteiger charge is -2.21. The van der Waals surface area contributed by atoms with Crippen LogP contribution in [0.1, 0.15) is 49.8 Å². The SMILES string of the molecule is CCC(CC)c1cc(CNC(=NC)N(C)Cc2cccn2C)on1. The van der Waals surface area contributed by atoms with Gasteiger partial charge in [-0.1, -0.05) is 19.0 Å². The minimum atomic E-state index is 0.474. The van der Waals surface area contributed by atoms with Crippen molar-refractivity contribution in [3.05, 3.63) is 41.5 Å². The van der Waals surface area contributed by atoms with Crippen molar-refractivity contribution >= 4 is 5.96 Å². The Hall–Kier alpha value is -2.24. The van der Waals surface area contributed by atoms with Crippen molar-refractivity contribution in [2.24, 2.45) is 12.0 Å². The molecule has 24 heavy (non-hydrogen) atoms. The smallest absolute Gasteiger partial charge is 0.194 e. The molecule has 0 aliphatic rings. The summed E-state index contributed by atoms with van der Waals surface area (Å²) in [4.78, 5) is 6.44. The fraction of sp³-hybridized carbons (Fsp3) is 0.556. The van der Waals surface area contributed by atoms with Crippen LogP contribution in [0.4, 0.5) is 0 Å². The molecule has 0 spiro atoms. The normalized spacial score (nSPS) is 12.0. The largest absolute Gasteiger partial charge is 0.359 e. The van der Waals surface area contributed by atoms with Gasteiger partial charge in [-0.3, -0.25) is 4.99 Å². The average Bonchev–Trinajstić information content (AvgIpc) is 3.19. The molecular formula is C18H29N5O. The highest BCUT2D eigenvalue weighted by molar-refractivity contribution is 5.79. The Bertz CT molecular complexity index is 654. The van der Waals surface area contributed by atoms with Gasteiger partial charge in [0.25, 0.3) is 0 Å². The number of aryl methyl sites for hydroxylation is 1. The van der Waals surface area contributed by atoms with E-state index in [4.69, 9.17) is 4.52 Å². The lowest BCUT2D eigenvalue weighted by Crippen LogP contribution is -2.38. The topological polar surface area (TPSA) is 58.6 Å². The quantitative estimate of drug-likeness (QED) is 0.625. The van der Waals surface area contributed by atoms with E-state index in [0.717, 1.165) is 36.8 Å². The maximum Gasteiger partial charge on any atom is 0.194 e. The van der Waals surface area contributed by atoms with Crippen LogP contribution < -0.4 is 5.32 Å². The Kier molecular flexibility index (Phi) is 6.46. The van der Waals surface area contributed by atoms with E-state index in [-0.39, 0.29) is 0 Å². The molecule has 0 amide bonds. The van der Waals surface area contributed by atoms with Crippen LogP contribution in [0.25, 0.3) is 0 Å². The van der Waals surface area contributed by atoms with Crippen molar-refractivity contribution in [2.45, 2.75) is 45.7 Å². The van der Waals surface area contributed by atoms with Crippen molar-refractivity contribution in [1.29, 1.82) is 0 Å². The van der Waals surface area contributed by atoms with E-state index in [1.54, 1.807) is 7.05 Å². The van der Waals surface area contributed by atoms with Gasteiger partial charge in [-0.2, -0.15) is 0 Å². The second-order valence-electron chi connectivity index (χ2n) is 6.10. The van der Waals surface area contributed by atoms with Crippen molar-refractivity contribution in [2.75, 3.05) is 14.1 Å². The number of guanidine groups is 1. The first-order valence-corrected chi connectivity index (χ1v) is 8.56. The molecule has 6 heteroatoms. The molecule has 132 valence electrons. The molecule has 0 aliphatic carbocycles. The predicted molar refractivity (Wildman–Crippen MR) is 96.9 cm³/mol. The van der Waals surface area contributed by atoms with Gasteiger partial charge in [0, 0.05) is 45.0 Å². The van der Waals surface area contributed by atoms with Crippen LogP contribution in [0.3, 0.4) is 0 Å². The molecule has 2 rings (SSSR count). The summed E-state index contributed by atoms with van der Waals surface area (Å²) >= 11 is 0. The fourth-order valence-corrected chi connectivity index (χ4v) is 2.84. The van der Waals surface area contributed by atoms with Gasteiger partial charge in [-0.25, -0.2) is 0 Å². The lowest BCUT2D eigenvalue weighted by atomic mass is 9.99. The first-order chi connectivity index (χ1) is 11.6. The predicted octanol–water partition coefficient (Wildman–Crippen LogP) is 3.12. The van der Waals surface area contributed by atoms with Gasteiger partial charge in [0.05, 0.1) is 18.8 Å². The van der Waals surface area contributed by atoms with Gasteiger partial charge in [0.1, 0.15) is 0 Å². The molecule has 0 aromatic carbocycles. The van der Waals surface area contributed by atoms with Gasteiger partial charge < -0.3 is 19.3 Å². The minimum absolute atomic E-state index is 0.474. The summed E-state index contributed by atoms with van der Waals surface area (Å²) in [6.45, 7) is 5.73. The number of hydrogen-bond acceptors (Lipinski definition) is 3. The maximum atomic E-state index is 5.46. The Morgan fingerprint density at radius 2 is 2.17 bits per heavy atom. The molecule has 0 bridgehead atoms. The zero-order valence-corrected chi connectivity index (χ0v) is 15.4. The summed E-state index contributed by atoms with van der Waals surface area (Å²) in [7, 11) is 5.87. The van der Waals surface area contributed by atoms with Crippen molar-refractivity contribution < 1.29 is 4.52 Å². The van der Waals surface area contributed by atoms with Crippen LogP contribution in [0.2, 0.25) is 0 Å². The number of aromatic nitrogens is 2. The highest BCUT2D eigenvalue weighted by Gasteiger charge is 2.14. The molecule has 2 aromatic heterocycles. The monoisotopic (exact) mass is 331 g/mol. The van der Waals surface area contributed by atoms with E-state index < -0.39 is 0 Å². The third-order valence-corrected chi connectivity index (χ3v) is 4.43. The van der Waals surface area contributed by atoms with Crippen LogP contribution in [0, 0.1) is 0 Å². The van der Waals surface area contributed by atoms with E-state index in [1.165, 1.54) is 5.69 Å². The first-order valence-electron chi connectivity index (χ1n) is 8.56. The van der Waals surface area contributed by atoms with E-state index in [2.05, 4.69) is 50.9 Å². The average molecular weight is 331 g/mol. The van der Waals surface area contributed by atoms with E-state index in [9.17, 15) is 0 Å². The molecule has 2 aromatic rings. The van der Waals surface area contributed by atoms with Crippen LogP contribution in [0.5, 0.6) is 0 Å². The van der Waals surface area contributed by atoms with Crippen molar-refractivity contribution in [3.63, 3.8) is 0 Å². The summed E-state index contributed by atoms with van der Waals surface area (Å²) < 4.78 is 7.57. The molecule has 0 unspecified atom stereocenters. The third kappa shape index (κ3) is 4.40. The van der Waals surface area contributed by atoms with Gasteiger partial charge in [-0.05, 0) is 25.0 Å². The zero-order chi connectivity index (χ0) is 17.5. The summed E-state index contributed by atoms with van der Waals surface area (Å²) in [5.41, 5.74) is 2.28. The van der Waals surface area contributed by atoms with Crippen molar-refractivity contribution in [1.82, 2.24) is 19.9 Å². The van der Waals surface area contributed by atoms with Crippen LogP contribution in [0.15, 0.2) is 33.9 Å². The molecule has 0 saturated carbocycles. The van der Waals surface area contributed by atoms with Gasteiger partial charge >= 0.3 is 0 Å². The van der Waals surface area contributed by atoms with Gasteiger partial charge in [0.2, 0.25) is 0 Å². The molecule has 0 atom stereocenters. The number of nitrogens with zero attached hydrogens (tertiary/aromatic N) is 4. The molecule has 1 N–H and O–H groups in total. The van der Waals surface area contributed by atoms with E-state index in [1.807, 2.05) is 26.4 Å². The Morgan fingerprint density at radius 3 is 2.75 bits per heavy atom. The second-order valence-corrected chi connectivity index (χ2v) is 6.10. The highest BCUT2D eigenvalue weighted by atomic mass is 16.5. The van der Waals surface area contributed by atoms with Gasteiger partial charge in [0.15, 0.2) is 11.7 Å². The van der Waals surface area contributed by atoms with Crippen LogP contribution in [-0.2, 0) is 20.1 Å². The maximum absolute atomic E-state index is 5.46. The summed E-state index contributed by atoms with van der Waals surface area (Å²) in [5, 5.41) is 7.55.